The number of nitrogens with zero attached hydrogens (tertiary/aromatic N) is 3. The number of aryl methyl sites for hydroxylation is 1. The van der Waals surface area contributed by atoms with Gasteiger partial charge in [-0.15, -0.1) is 0 Å². The van der Waals surface area contributed by atoms with Crippen molar-refractivity contribution in [1.82, 2.24) is 14.5 Å². The summed E-state index contributed by atoms with van der Waals surface area (Å²) in [4.78, 5) is 17.9. The van der Waals surface area contributed by atoms with Crippen LogP contribution in [0.2, 0.25) is 0 Å². The van der Waals surface area contributed by atoms with Crippen LogP contribution in [0.1, 0.15) is 12.2 Å². The van der Waals surface area contributed by atoms with Crippen molar-refractivity contribution in [2.45, 2.75) is 18.9 Å². The molecule has 0 spiro atoms. The summed E-state index contributed by atoms with van der Waals surface area (Å²) >= 11 is 0. The molecule has 0 radical (unpaired) electrons. The molecule has 1 aromatic heterocycles. The first-order valence-electron chi connectivity index (χ1n) is 6.56. The monoisotopic (exact) mass is 267 g/mol. The van der Waals surface area contributed by atoms with E-state index in [9.17, 15) is 4.79 Å². The topological polar surface area (TPSA) is 56.6 Å². The highest BCUT2D eigenvalue weighted by Gasteiger charge is 2.23. The van der Waals surface area contributed by atoms with Gasteiger partial charge in [0.2, 0.25) is 0 Å². The maximum atomic E-state index is 11.2. The van der Waals surface area contributed by atoms with E-state index in [2.05, 4.69) is 14.6 Å². The Morgan fingerprint density at radius 2 is 2.47 bits per heavy atom. The van der Waals surface area contributed by atoms with Gasteiger partial charge >= 0.3 is 5.97 Å². The molecule has 2 heterocycles. The Balaban J connectivity index is 1.78. The molecule has 1 aromatic rings. The smallest absolute Gasteiger partial charge is 0.308 e. The number of morpholine rings is 1. The summed E-state index contributed by atoms with van der Waals surface area (Å²) in [6.45, 7) is 3.29. The highest BCUT2D eigenvalue weighted by Crippen LogP contribution is 2.10. The number of imidazole rings is 1. The van der Waals surface area contributed by atoms with Crippen molar-refractivity contribution in [2.24, 2.45) is 7.05 Å². The van der Waals surface area contributed by atoms with E-state index in [1.807, 2.05) is 24.0 Å². The number of carbonyl (C=O) groups excluding carboxylic acids is 1. The van der Waals surface area contributed by atoms with Crippen LogP contribution in [0.4, 0.5) is 0 Å². The molecule has 1 aliphatic rings. The molecule has 19 heavy (non-hydrogen) atoms. The van der Waals surface area contributed by atoms with Gasteiger partial charge in [-0.1, -0.05) is 0 Å². The van der Waals surface area contributed by atoms with Crippen molar-refractivity contribution in [3.8, 4) is 0 Å². The highest BCUT2D eigenvalue weighted by atomic mass is 16.5. The molecule has 0 aliphatic carbocycles. The highest BCUT2D eigenvalue weighted by molar-refractivity contribution is 5.69. The molecule has 0 saturated carbocycles. The molecule has 2 rings (SSSR count). The van der Waals surface area contributed by atoms with Crippen LogP contribution in [0.25, 0.3) is 0 Å². The summed E-state index contributed by atoms with van der Waals surface area (Å²) in [7, 11) is 3.41. The minimum Gasteiger partial charge on any atom is -0.469 e. The van der Waals surface area contributed by atoms with Crippen LogP contribution in [0.5, 0.6) is 0 Å². The molecule has 6 nitrogen and oxygen atoms in total. The summed E-state index contributed by atoms with van der Waals surface area (Å²) < 4.78 is 12.3. The fraction of sp³-hybridized carbons (Fsp3) is 0.692. The maximum absolute atomic E-state index is 11.2. The molecular weight excluding hydrogens is 246 g/mol. The molecule has 0 bridgehead atoms. The van der Waals surface area contributed by atoms with E-state index < -0.39 is 0 Å². The quantitative estimate of drug-likeness (QED) is 0.715. The molecular formula is C13H21N3O3. The number of esters is 1. The van der Waals surface area contributed by atoms with Crippen molar-refractivity contribution >= 4 is 5.97 Å². The number of hydrogen-bond donors (Lipinski definition) is 0. The summed E-state index contributed by atoms with van der Waals surface area (Å²) in [5, 5.41) is 0. The standard InChI is InChI=1S/C13H21N3O3/c1-15-6-4-14-12(15)3-5-16-7-8-19-11(10-16)9-13(17)18-2/h4,6,11H,3,5,7-10H2,1-2H3. The first kappa shape index (κ1) is 14.0. The van der Waals surface area contributed by atoms with Crippen molar-refractivity contribution in [1.29, 1.82) is 0 Å². The summed E-state index contributed by atoms with van der Waals surface area (Å²) in [6.07, 6.45) is 4.95. The van der Waals surface area contributed by atoms with Gasteiger partial charge in [-0.25, -0.2) is 4.98 Å². The van der Waals surface area contributed by atoms with Crippen molar-refractivity contribution in [3.63, 3.8) is 0 Å². The first-order chi connectivity index (χ1) is 9.19. The van der Waals surface area contributed by atoms with Gasteiger partial charge in [0.05, 0.1) is 26.2 Å². The Kier molecular flexibility index (Phi) is 4.93. The van der Waals surface area contributed by atoms with E-state index >= 15 is 0 Å². The summed E-state index contributed by atoms with van der Waals surface area (Å²) in [6, 6.07) is 0. The van der Waals surface area contributed by atoms with E-state index in [4.69, 9.17) is 4.74 Å². The Hall–Kier alpha value is -1.40. The van der Waals surface area contributed by atoms with Gasteiger partial charge in [0.25, 0.3) is 0 Å². The molecule has 1 unspecified atom stereocenters. The Labute approximate surface area is 113 Å². The number of ether oxygens (including phenoxy) is 2. The third kappa shape index (κ3) is 4.04. The van der Waals surface area contributed by atoms with Gasteiger partial charge in [-0.2, -0.15) is 0 Å². The lowest BCUT2D eigenvalue weighted by molar-refractivity contribution is -0.145. The number of methoxy groups -OCH3 is 1. The molecule has 1 saturated heterocycles. The van der Waals surface area contributed by atoms with Gasteiger partial charge in [0.1, 0.15) is 5.82 Å². The number of hydrogen-bond acceptors (Lipinski definition) is 5. The molecule has 106 valence electrons. The van der Waals surface area contributed by atoms with Crippen LogP contribution >= 0.6 is 0 Å². The van der Waals surface area contributed by atoms with Gasteiger partial charge in [-0.3, -0.25) is 9.69 Å². The number of aromatic nitrogens is 2. The van der Waals surface area contributed by atoms with Crippen LogP contribution in [0, 0.1) is 0 Å². The molecule has 0 N–H and O–H groups in total. The van der Waals surface area contributed by atoms with E-state index in [-0.39, 0.29) is 12.1 Å². The van der Waals surface area contributed by atoms with Gasteiger partial charge in [0, 0.05) is 45.5 Å². The minimum absolute atomic E-state index is 0.0532. The third-order valence-corrected chi connectivity index (χ3v) is 3.42. The summed E-state index contributed by atoms with van der Waals surface area (Å²) in [5.74, 6) is 0.868. The van der Waals surface area contributed by atoms with E-state index in [1.165, 1.54) is 7.11 Å². The fourth-order valence-corrected chi connectivity index (χ4v) is 2.27. The molecule has 6 heteroatoms. The summed E-state index contributed by atoms with van der Waals surface area (Å²) in [5.41, 5.74) is 0. The fourth-order valence-electron chi connectivity index (χ4n) is 2.27. The largest absolute Gasteiger partial charge is 0.469 e. The molecule has 0 amide bonds. The maximum Gasteiger partial charge on any atom is 0.308 e. The van der Waals surface area contributed by atoms with E-state index in [0.717, 1.165) is 31.9 Å². The zero-order valence-electron chi connectivity index (χ0n) is 11.5. The predicted octanol–water partition coefficient (Wildman–Crippen LogP) is 0.226. The predicted molar refractivity (Wildman–Crippen MR) is 69.7 cm³/mol. The molecule has 1 fully saturated rings. The normalized spacial score (nSPS) is 20.4. The molecule has 0 aromatic carbocycles. The van der Waals surface area contributed by atoms with Gasteiger partial charge in [-0.05, 0) is 0 Å². The Morgan fingerprint density at radius 1 is 1.63 bits per heavy atom. The second kappa shape index (κ2) is 6.68. The average molecular weight is 267 g/mol. The Morgan fingerprint density at radius 3 is 3.16 bits per heavy atom. The van der Waals surface area contributed by atoms with Crippen LogP contribution in [0.3, 0.4) is 0 Å². The third-order valence-electron chi connectivity index (χ3n) is 3.42. The SMILES string of the molecule is COC(=O)CC1CN(CCc2nccn2C)CCO1. The Bertz CT molecular complexity index is 419. The lowest BCUT2D eigenvalue weighted by Gasteiger charge is -2.32. The minimum atomic E-state index is -0.212. The van der Waals surface area contributed by atoms with Crippen LogP contribution in [0.15, 0.2) is 12.4 Å². The van der Waals surface area contributed by atoms with Crippen LogP contribution < -0.4 is 0 Å². The molecule has 1 atom stereocenters. The zero-order chi connectivity index (χ0) is 13.7. The lowest BCUT2D eigenvalue weighted by atomic mass is 10.2. The number of rotatable bonds is 5. The van der Waals surface area contributed by atoms with E-state index in [1.54, 1.807) is 0 Å². The number of carbonyl (C=O) groups is 1. The first-order valence-corrected chi connectivity index (χ1v) is 6.56. The van der Waals surface area contributed by atoms with Crippen molar-refractivity contribution < 1.29 is 14.3 Å². The average Bonchev–Trinajstić information content (AvgIpc) is 2.82. The van der Waals surface area contributed by atoms with Crippen molar-refractivity contribution in [3.05, 3.63) is 18.2 Å². The zero-order valence-corrected chi connectivity index (χ0v) is 11.5. The second-order valence-corrected chi connectivity index (χ2v) is 4.78. The van der Waals surface area contributed by atoms with Gasteiger partial charge in [0.15, 0.2) is 0 Å². The van der Waals surface area contributed by atoms with Crippen molar-refractivity contribution in [2.75, 3.05) is 33.4 Å². The molecule has 1 aliphatic heterocycles. The van der Waals surface area contributed by atoms with Crippen LogP contribution in [-0.4, -0.2) is 59.9 Å². The van der Waals surface area contributed by atoms with Crippen LogP contribution in [-0.2, 0) is 27.7 Å². The lowest BCUT2D eigenvalue weighted by Crippen LogP contribution is -2.44. The second-order valence-electron chi connectivity index (χ2n) is 4.78. The van der Waals surface area contributed by atoms with E-state index in [0.29, 0.717) is 13.0 Å². The van der Waals surface area contributed by atoms with Gasteiger partial charge < -0.3 is 14.0 Å².